The van der Waals surface area contributed by atoms with Crippen molar-refractivity contribution in [3.05, 3.63) is 6.07 Å². The Morgan fingerprint density at radius 2 is 1.89 bits per heavy atom. The van der Waals surface area contributed by atoms with Gasteiger partial charge in [0.1, 0.15) is 11.6 Å². The highest BCUT2D eigenvalue weighted by atomic mass is 32.2. The molecule has 0 amide bonds. The van der Waals surface area contributed by atoms with Crippen LogP contribution in [0.15, 0.2) is 11.2 Å². The molecule has 6 heteroatoms. The van der Waals surface area contributed by atoms with Crippen LogP contribution in [0.4, 0.5) is 11.6 Å². The molecule has 1 fully saturated rings. The molecule has 1 saturated carbocycles. The van der Waals surface area contributed by atoms with Crippen molar-refractivity contribution in [2.45, 2.75) is 49.7 Å². The van der Waals surface area contributed by atoms with E-state index in [1.165, 1.54) is 43.9 Å². The molecular weight excluding hydrogens is 246 g/mol. The summed E-state index contributed by atoms with van der Waals surface area (Å²) < 4.78 is 0. The maximum Gasteiger partial charge on any atom is 0.191 e. The van der Waals surface area contributed by atoms with Crippen LogP contribution in [0.5, 0.6) is 0 Å². The van der Waals surface area contributed by atoms with Crippen LogP contribution in [0.3, 0.4) is 0 Å². The van der Waals surface area contributed by atoms with Gasteiger partial charge in [0.05, 0.1) is 0 Å². The SMILES string of the molecule is CSc1nc(NN)cc(NC2(C)CCCCC2)n1. The van der Waals surface area contributed by atoms with Crippen molar-refractivity contribution in [2.24, 2.45) is 5.84 Å². The van der Waals surface area contributed by atoms with E-state index in [1.807, 2.05) is 12.3 Å². The van der Waals surface area contributed by atoms with E-state index in [0.717, 1.165) is 11.0 Å². The van der Waals surface area contributed by atoms with Crippen LogP contribution < -0.4 is 16.6 Å². The monoisotopic (exact) mass is 267 g/mol. The largest absolute Gasteiger partial charge is 0.365 e. The number of hydrazine groups is 1. The second-order valence-corrected chi connectivity index (χ2v) is 5.79. The van der Waals surface area contributed by atoms with E-state index in [2.05, 4.69) is 27.6 Å². The van der Waals surface area contributed by atoms with E-state index in [9.17, 15) is 0 Å². The number of nitrogens with two attached hydrogens (primary N) is 1. The minimum absolute atomic E-state index is 0.147. The molecule has 0 radical (unpaired) electrons. The first-order valence-electron chi connectivity index (χ1n) is 6.33. The van der Waals surface area contributed by atoms with Gasteiger partial charge in [0.2, 0.25) is 0 Å². The lowest BCUT2D eigenvalue weighted by molar-refractivity contribution is 0.348. The molecule has 0 aliphatic heterocycles. The van der Waals surface area contributed by atoms with Gasteiger partial charge in [-0.3, -0.25) is 0 Å². The second kappa shape index (κ2) is 5.75. The number of nitrogen functional groups attached to an aromatic ring is 1. The van der Waals surface area contributed by atoms with Crippen molar-refractivity contribution in [1.29, 1.82) is 0 Å². The van der Waals surface area contributed by atoms with Crippen molar-refractivity contribution in [1.82, 2.24) is 9.97 Å². The molecule has 5 nitrogen and oxygen atoms in total. The third kappa shape index (κ3) is 3.26. The van der Waals surface area contributed by atoms with Gasteiger partial charge < -0.3 is 10.7 Å². The van der Waals surface area contributed by atoms with Gasteiger partial charge >= 0.3 is 0 Å². The molecule has 1 aliphatic carbocycles. The zero-order valence-corrected chi connectivity index (χ0v) is 11.8. The smallest absolute Gasteiger partial charge is 0.191 e. The molecule has 0 atom stereocenters. The predicted octanol–water partition coefficient (Wildman–Crippen LogP) is 2.62. The number of thioether (sulfide) groups is 1. The van der Waals surface area contributed by atoms with E-state index in [-0.39, 0.29) is 5.54 Å². The van der Waals surface area contributed by atoms with Crippen LogP contribution in [0, 0.1) is 0 Å². The first-order chi connectivity index (χ1) is 8.65. The van der Waals surface area contributed by atoms with Crippen molar-refractivity contribution >= 4 is 23.4 Å². The third-order valence-electron chi connectivity index (χ3n) is 3.42. The van der Waals surface area contributed by atoms with Gasteiger partial charge in [-0.25, -0.2) is 15.8 Å². The Morgan fingerprint density at radius 1 is 1.22 bits per heavy atom. The summed E-state index contributed by atoms with van der Waals surface area (Å²) in [6, 6.07) is 1.86. The zero-order chi connectivity index (χ0) is 13.0. The van der Waals surface area contributed by atoms with Crippen molar-refractivity contribution < 1.29 is 0 Å². The Bertz CT molecular complexity index is 381. The quantitative estimate of drug-likeness (QED) is 0.337. The van der Waals surface area contributed by atoms with Crippen molar-refractivity contribution in [2.75, 3.05) is 17.0 Å². The maximum absolute atomic E-state index is 5.43. The highest BCUT2D eigenvalue weighted by molar-refractivity contribution is 7.98. The van der Waals surface area contributed by atoms with Gasteiger partial charge in [-0.15, -0.1) is 0 Å². The van der Waals surface area contributed by atoms with Crippen molar-refractivity contribution in [3.8, 4) is 0 Å². The number of hydrogen-bond donors (Lipinski definition) is 3. The Balaban J connectivity index is 2.16. The summed E-state index contributed by atoms with van der Waals surface area (Å²) in [6.07, 6.45) is 8.25. The normalized spacial score (nSPS) is 18.4. The van der Waals surface area contributed by atoms with Crippen LogP contribution in [0.1, 0.15) is 39.0 Å². The maximum atomic E-state index is 5.43. The number of anilines is 2. The molecule has 0 bridgehead atoms. The average Bonchev–Trinajstić information content (AvgIpc) is 2.38. The van der Waals surface area contributed by atoms with E-state index < -0.39 is 0 Å². The van der Waals surface area contributed by atoms with E-state index in [0.29, 0.717) is 5.82 Å². The molecule has 4 N–H and O–H groups in total. The van der Waals surface area contributed by atoms with Gasteiger partial charge in [0.25, 0.3) is 0 Å². The van der Waals surface area contributed by atoms with Crippen LogP contribution >= 0.6 is 11.8 Å². The highest BCUT2D eigenvalue weighted by Gasteiger charge is 2.27. The lowest BCUT2D eigenvalue weighted by Crippen LogP contribution is -2.37. The summed E-state index contributed by atoms with van der Waals surface area (Å²) in [5, 5.41) is 4.28. The molecule has 1 aromatic rings. The fourth-order valence-electron chi connectivity index (χ4n) is 2.42. The van der Waals surface area contributed by atoms with Crippen LogP contribution in [0.2, 0.25) is 0 Å². The first-order valence-corrected chi connectivity index (χ1v) is 7.55. The molecule has 1 heterocycles. The second-order valence-electron chi connectivity index (χ2n) is 5.02. The van der Waals surface area contributed by atoms with Gasteiger partial charge in [-0.2, -0.15) is 0 Å². The minimum atomic E-state index is 0.147. The Morgan fingerprint density at radius 3 is 2.50 bits per heavy atom. The topological polar surface area (TPSA) is 75.9 Å². The molecular formula is C12H21N5S. The lowest BCUT2D eigenvalue weighted by atomic mass is 9.83. The number of hydrogen-bond acceptors (Lipinski definition) is 6. The molecule has 18 heavy (non-hydrogen) atoms. The Kier molecular flexibility index (Phi) is 4.29. The van der Waals surface area contributed by atoms with E-state index >= 15 is 0 Å². The summed E-state index contributed by atoms with van der Waals surface area (Å²) in [5.41, 5.74) is 2.73. The summed E-state index contributed by atoms with van der Waals surface area (Å²) in [7, 11) is 0. The standard InChI is InChI=1S/C12H21N5S/c1-12(6-4-3-5-7-12)16-9-8-10(17-13)15-11(14-9)18-2/h8H,3-7,13H2,1-2H3,(H2,14,15,16,17). The third-order valence-corrected chi connectivity index (χ3v) is 3.97. The molecule has 100 valence electrons. The van der Waals surface area contributed by atoms with Gasteiger partial charge in [-0.1, -0.05) is 31.0 Å². The highest BCUT2D eigenvalue weighted by Crippen LogP contribution is 2.31. The van der Waals surface area contributed by atoms with Gasteiger partial charge in [-0.05, 0) is 26.0 Å². The molecule has 2 rings (SSSR count). The van der Waals surface area contributed by atoms with Crippen LogP contribution in [-0.2, 0) is 0 Å². The molecule has 0 saturated heterocycles. The molecule has 0 unspecified atom stereocenters. The summed E-state index contributed by atoms with van der Waals surface area (Å²) >= 11 is 1.52. The lowest BCUT2D eigenvalue weighted by Gasteiger charge is -2.35. The van der Waals surface area contributed by atoms with E-state index in [4.69, 9.17) is 5.84 Å². The number of rotatable bonds is 4. The fraction of sp³-hybridized carbons (Fsp3) is 0.667. The number of aromatic nitrogens is 2. The van der Waals surface area contributed by atoms with Crippen LogP contribution in [-0.4, -0.2) is 21.8 Å². The van der Waals surface area contributed by atoms with Gasteiger partial charge in [0.15, 0.2) is 5.16 Å². The minimum Gasteiger partial charge on any atom is -0.365 e. The fourth-order valence-corrected chi connectivity index (χ4v) is 2.80. The van der Waals surface area contributed by atoms with Gasteiger partial charge in [0, 0.05) is 11.6 Å². The summed E-state index contributed by atoms with van der Waals surface area (Å²) in [4.78, 5) is 8.75. The van der Waals surface area contributed by atoms with E-state index in [1.54, 1.807) is 0 Å². The summed E-state index contributed by atoms with van der Waals surface area (Å²) in [6.45, 7) is 2.27. The predicted molar refractivity (Wildman–Crippen MR) is 76.7 cm³/mol. The number of nitrogens with one attached hydrogen (secondary N) is 2. The average molecular weight is 267 g/mol. The molecule has 0 aromatic carbocycles. The molecule has 1 aromatic heterocycles. The first kappa shape index (κ1) is 13.4. The Labute approximate surface area is 112 Å². The molecule has 0 spiro atoms. The summed E-state index contributed by atoms with van der Waals surface area (Å²) in [5.74, 6) is 6.93. The molecule has 1 aliphatic rings. The zero-order valence-electron chi connectivity index (χ0n) is 11.0. The van der Waals surface area contributed by atoms with Crippen molar-refractivity contribution in [3.63, 3.8) is 0 Å². The number of nitrogens with zero attached hydrogens (tertiary/aromatic N) is 2. The van der Waals surface area contributed by atoms with Crippen LogP contribution in [0.25, 0.3) is 0 Å². The Hall–Kier alpha value is -1.01.